The van der Waals surface area contributed by atoms with E-state index < -0.39 is 0 Å². The van der Waals surface area contributed by atoms with Crippen molar-refractivity contribution >= 4 is 5.65 Å². The standard InChI is InChI=1S/C11H13N3/c12-6-9-7-13-11-10(8-3-4-8)2-1-5-14(9)11/h1-2,5,7-8H,3-4,6,12H2. The molecular formula is C11H13N3. The minimum absolute atomic E-state index is 0.551. The first-order valence-corrected chi connectivity index (χ1v) is 5.05. The Morgan fingerprint density at radius 2 is 2.36 bits per heavy atom. The summed E-state index contributed by atoms with van der Waals surface area (Å²) in [7, 11) is 0. The third-order valence-electron chi connectivity index (χ3n) is 2.87. The fraction of sp³-hybridized carbons (Fsp3) is 0.364. The number of hydrogen-bond donors (Lipinski definition) is 1. The van der Waals surface area contributed by atoms with Crippen LogP contribution in [0.1, 0.15) is 30.0 Å². The fourth-order valence-electron chi connectivity index (χ4n) is 1.95. The van der Waals surface area contributed by atoms with E-state index in [2.05, 4.69) is 21.5 Å². The predicted molar refractivity (Wildman–Crippen MR) is 55.1 cm³/mol. The Morgan fingerprint density at radius 1 is 1.50 bits per heavy atom. The first-order chi connectivity index (χ1) is 6.90. The van der Waals surface area contributed by atoms with E-state index in [1.165, 1.54) is 18.4 Å². The van der Waals surface area contributed by atoms with Gasteiger partial charge in [0.1, 0.15) is 5.65 Å². The number of hydrogen-bond acceptors (Lipinski definition) is 2. The lowest BCUT2D eigenvalue weighted by Crippen LogP contribution is -2.01. The van der Waals surface area contributed by atoms with Crippen molar-refractivity contribution in [1.29, 1.82) is 0 Å². The third-order valence-corrected chi connectivity index (χ3v) is 2.87. The van der Waals surface area contributed by atoms with Crippen LogP contribution in [0.5, 0.6) is 0 Å². The average Bonchev–Trinajstić information content (AvgIpc) is 2.97. The van der Waals surface area contributed by atoms with Crippen LogP contribution in [0.4, 0.5) is 0 Å². The molecule has 2 aromatic heterocycles. The molecule has 1 saturated carbocycles. The van der Waals surface area contributed by atoms with Gasteiger partial charge in [0.15, 0.2) is 0 Å². The largest absolute Gasteiger partial charge is 0.325 e. The van der Waals surface area contributed by atoms with Gasteiger partial charge >= 0.3 is 0 Å². The summed E-state index contributed by atoms with van der Waals surface area (Å²) in [6.07, 6.45) is 6.53. The Labute approximate surface area is 82.6 Å². The molecule has 2 aromatic rings. The zero-order valence-corrected chi connectivity index (χ0v) is 7.98. The average molecular weight is 187 g/mol. The maximum atomic E-state index is 5.64. The molecule has 2 heterocycles. The molecule has 0 atom stereocenters. The second kappa shape index (κ2) is 2.82. The summed E-state index contributed by atoms with van der Waals surface area (Å²) in [6.45, 7) is 0.551. The highest BCUT2D eigenvalue weighted by atomic mass is 15.0. The van der Waals surface area contributed by atoms with Crippen molar-refractivity contribution in [3.05, 3.63) is 35.8 Å². The van der Waals surface area contributed by atoms with Crippen molar-refractivity contribution in [1.82, 2.24) is 9.38 Å². The SMILES string of the molecule is NCc1cnc2c(C3CC3)cccn12. The first kappa shape index (κ1) is 8.00. The summed E-state index contributed by atoms with van der Waals surface area (Å²) < 4.78 is 2.10. The van der Waals surface area contributed by atoms with Gasteiger partial charge in [-0.1, -0.05) is 6.07 Å². The maximum absolute atomic E-state index is 5.64. The predicted octanol–water partition coefficient (Wildman–Crippen LogP) is 1.67. The molecule has 3 rings (SSSR count). The monoisotopic (exact) mass is 187 g/mol. The van der Waals surface area contributed by atoms with Crippen LogP contribution in [0, 0.1) is 0 Å². The van der Waals surface area contributed by atoms with E-state index in [1.54, 1.807) is 0 Å². The van der Waals surface area contributed by atoms with E-state index in [-0.39, 0.29) is 0 Å². The van der Waals surface area contributed by atoms with Crippen molar-refractivity contribution in [2.45, 2.75) is 25.3 Å². The molecule has 0 bridgehead atoms. The van der Waals surface area contributed by atoms with Gasteiger partial charge in [-0.25, -0.2) is 4.98 Å². The van der Waals surface area contributed by atoms with Crippen molar-refractivity contribution in [2.24, 2.45) is 5.73 Å². The number of nitrogens with zero attached hydrogens (tertiary/aromatic N) is 2. The Morgan fingerprint density at radius 3 is 3.07 bits per heavy atom. The van der Waals surface area contributed by atoms with E-state index in [1.807, 2.05) is 12.4 Å². The lowest BCUT2D eigenvalue weighted by atomic mass is 10.2. The van der Waals surface area contributed by atoms with E-state index >= 15 is 0 Å². The van der Waals surface area contributed by atoms with Crippen LogP contribution in [0.15, 0.2) is 24.5 Å². The van der Waals surface area contributed by atoms with E-state index in [0.717, 1.165) is 17.3 Å². The molecule has 14 heavy (non-hydrogen) atoms. The Bertz CT molecular complexity index is 468. The van der Waals surface area contributed by atoms with E-state index in [0.29, 0.717) is 6.54 Å². The highest BCUT2D eigenvalue weighted by Gasteiger charge is 2.26. The summed E-state index contributed by atoms with van der Waals surface area (Å²) in [5.74, 6) is 0.742. The highest BCUT2D eigenvalue weighted by Crippen LogP contribution is 2.41. The minimum atomic E-state index is 0.551. The normalized spacial score (nSPS) is 16.4. The molecule has 0 unspecified atom stereocenters. The van der Waals surface area contributed by atoms with Gasteiger partial charge in [0.2, 0.25) is 0 Å². The Balaban J connectivity index is 2.26. The van der Waals surface area contributed by atoms with Gasteiger partial charge < -0.3 is 10.1 Å². The summed E-state index contributed by atoms with van der Waals surface area (Å²) >= 11 is 0. The lowest BCUT2D eigenvalue weighted by molar-refractivity contribution is 0.950. The van der Waals surface area contributed by atoms with Crippen molar-refractivity contribution in [2.75, 3.05) is 0 Å². The molecule has 0 aromatic carbocycles. The zero-order valence-electron chi connectivity index (χ0n) is 7.98. The number of aromatic nitrogens is 2. The van der Waals surface area contributed by atoms with Crippen LogP contribution in [0.25, 0.3) is 5.65 Å². The molecule has 3 nitrogen and oxygen atoms in total. The third kappa shape index (κ3) is 1.06. The van der Waals surface area contributed by atoms with Gasteiger partial charge in [0.05, 0.1) is 11.9 Å². The molecular weight excluding hydrogens is 174 g/mol. The van der Waals surface area contributed by atoms with Crippen molar-refractivity contribution < 1.29 is 0 Å². The van der Waals surface area contributed by atoms with Crippen LogP contribution in [-0.2, 0) is 6.54 Å². The topological polar surface area (TPSA) is 43.3 Å². The van der Waals surface area contributed by atoms with Gasteiger partial charge in [0.25, 0.3) is 0 Å². The summed E-state index contributed by atoms with van der Waals surface area (Å²) in [4.78, 5) is 4.43. The number of imidazole rings is 1. The van der Waals surface area contributed by atoms with Crippen molar-refractivity contribution in [3.8, 4) is 0 Å². The summed E-state index contributed by atoms with van der Waals surface area (Å²) in [6, 6.07) is 4.27. The molecule has 0 aliphatic heterocycles. The first-order valence-electron chi connectivity index (χ1n) is 5.05. The van der Waals surface area contributed by atoms with Crippen LogP contribution < -0.4 is 5.73 Å². The van der Waals surface area contributed by atoms with E-state index in [9.17, 15) is 0 Å². The lowest BCUT2D eigenvalue weighted by Gasteiger charge is -2.02. The van der Waals surface area contributed by atoms with Crippen LogP contribution >= 0.6 is 0 Å². The summed E-state index contributed by atoms with van der Waals surface area (Å²) in [5.41, 5.74) is 9.20. The van der Waals surface area contributed by atoms with E-state index in [4.69, 9.17) is 5.73 Å². The molecule has 3 heteroatoms. The van der Waals surface area contributed by atoms with Crippen LogP contribution in [-0.4, -0.2) is 9.38 Å². The van der Waals surface area contributed by atoms with Crippen LogP contribution in [0.2, 0.25) is 0 Å². The summed E-state index contributed by atoms with van der Waals surface area (Å²) in [5, 5.41) is 0. The van der Waals surface area contributed by atoms with Gasteiger partial charge in [-0.05, 0) is 30.4 Å². The van der Waals surface area contributed by atoms with Crippen molar-refractivity contribution in [3.63, 3.8) is 0 Å². The number of nitrogens with two attached hydrogens (primary N) is 1. The smallest absolute Gasteiger partial charge is 0.140 e. The second-order valence-electron chi connectivity index (χ2n) is 3.89. The Hall–Kier alpha value is -1.35. The number of pyridine rings is 1. The highest BCUT2D eigenvalue weighted by molar-refractivity contribution is 5.52. The van der Waals surface area contributed by atoms with Gasteiger partial charge in [-0.15, -0.1) is 0 Å². The van der Waals surface area contributed by atoms with Gasteiger partial charge in [-0.2, -0.15) is 0 Å². The Kier molecular flexibility index (Phi) is 1.61. The van der Waals surface area contributed by atoms with Crippen LogP contribution in [0.3, 0.4) is 0 Å². The molecule has 0 spiro atoms. The molecule has 1 aliphatic rings. The molecule has 0 amide bonds. The molecule has 2 N–H and O–H groups in total. The number of fused-ring (bicyclic) bond motifs is 1. The molecule has 1 aliphatic carbocycles. The van der Waals surface area contributed by atoms with Gasteiger partial charge in [-0.3, -0.25) is 0 Å². The molecule has 0 radical (unpaired) electrons. The molecule has 1 fully saturated rings. The maximum Gasteiger partial charge on any atom is 0.140 e. The minimum Gasteiger partial charge on any atom is -0.325 e. The van der Waals surface area contributed by atoms with Gasteiger partial charge in [0, 0.05) is 12.7 Å². The number of rotatable bonds is 2. The molecule has 0 saturated heterocycles. The fourth-order valence-corrected chi connectivity index (χ4v) is 1.95. The zero-order chi connectivity index (χ0) is 9.54. The molecule has 72 valence electrons. The second-order valence-corrected chi connectivity index (χ2v) is 3.89. The quantitative estimate of drug-likeness (QED) is 0.777.